The van der Waals surface area contributed by atoms with Crippen molar-refractivity contribution >= 4 is 49.3 Å². The first-order chi connectivity index (χ1) is 12.1. The summed E-state index contributed by atoms with van der Waals surface area (Å²) >= 11 is 3.37. The summed E-state index contributed by atoms with van der Waals surface area (Å²) in [5.41, 5.74) is 1.31. The van der Waals surface area contributed by atoms with Gasteiger partial charge < -0.3 is 0 Å². The van der Waals surface area contributed by atoms with Crippen LogP contribution in [-0.2, 0) is 0 Å². The van der Waals surface area contributed by atoms with Crippen molar-refractivity contribution in [2.24, 2.45) is 5.84 Å². The summed E-state index contributed by atoms with van der Waals surface area (Å²) in [6, 6.07) is 22.8. The van der Waals surface area contributed by atoms with Gasteiger partial charge in [0.2, 0.25) is 0 Å². The summed E-state index contributed by atoms with van der Waals surface area (Å²) in [5.74, 6) is 6.32. The number of anilines is 1. The van der Waals surface area contributed by atoms with E-state index in [1.807, 2.05) is 60.7 Å². The number of aromatic nitrogens is 1. The number of rotatable bonds is 2. The Bertz CT molecular complexity index is 1090. The first-order valence-electron chi connectivity index (χ1n) is 7.77. The number of hydrazine groups is 1. The molecule has 122 valence electrons. The average molecular weight is 392 g/mol. The molecule has 4 aromatic rings. The molecule has 1 amide bonds. The molecule has 1 heterocycles. The quantitative estimate of drug-likeness (QED) is 0.233. The van der Waals surface area contributed by atoms with Crippen LogP contribution in [0.4, 0.5) is 5.82 Å². The lowest BCUT2D eigenvalue weighted by Crippen LogP contribution is -2.38. The average Bonchev–Trinajstić information content (AvgIpc) is 2.67. The van der Waals surface area contributed by atoms with Crippen molar-refractivity contribution in [1.82, 2.24) is 4.98 Å². The molecule has 1 aromatic heterocycles. The van der Waals surface area contributed by atoms with Gasteiger partial charge in [0, 0.05) is 20.8 Å². The van der Waals surface area contributed by atoms with E-state index in [0.29, 0.717) is 11.4 Å². The van der Waals surface area contributed by atoms with Gasteiger partial charge in [-0.3, -0.25) is 4.79 Å². The van der Waals surface area contributed by atoms with Gasteiger partial charge in [-0.25, -0.2) is 15.8 Å². The highest BCUT2D eigenvalue weighted by molar-refractivity contribution is 9.10. The third kappa shape index (κ3) is 2.77. The van der Waals surface area contributed by atoms with Crippen LogP contribution < -0.4 is 10.9 Å². The van der Waals surface area contributed by atoms with Gasteiger partial charge in [-0.05, 0) is 35.7 Å². The van der Waals surface area contributed by atoms with Crippen LogP contribution >= 0.6 is 15.9 Å². The number of halogens is 1. The van der Waals surface area contributed by atoms with E-state index < -0.39 is 0 Å². The zero-order valence-corrected chi connectivity index (χ0v) is 14.8. The van der Waals surface area contributed by atoms with E-state index in [4.69, 9.17) is 5.84 Å². The summed E-state index contributed by atoms with van der Waals surface area (Å²) in [7, 11) is 0. The molecule has 0 spiro atoms. The van der Waals surface area contributed by atoms with Gasteiger partial charge in [-0.15, -0.1) is 0 Å². The molecule has 0 radical (unpaired) electrons. The first-order valence-corrected chi connectivity index (χ1v) is 8.56. The predicted octanol–water partition coefficient (Wildman–Crippen LogP) is 4.67. The summed E-state index contributed by atoms with van der Waals surface area (Å²) in [5, 5.41) is 4.01. The highest BCUT2D eigenvalue weighted by Gasteiger charge is 2.19. The summed E-state index contributed by atoms with van der Waals surface area (Å²) in [4.78, 5) is 17.4. The minimum Gasteiger partial charge on any atom is -0.267 e. The van der Waals surface area contributed by atoms with Crippen molar-refractivity contribution in [3.05, 3.63) is 82.8 Å². The maximum atomic E-state index is 12.8. The number of carbonyl (C=O) groups is 1. The van der Waals surface area contributed by atoms with Gasteiger partial charge in [0.25, 0.3) is 5.91 Å². The lowest BCUT2D eigenvalue weighted by atomic mass is 10.1. The molecule has 0 aliphatic rings. The number of hydrogen-bond acceptors (Lipinski definition) is 3. The molecular formula is C20H14BrN3O. The molecule has 4 rings (SSSR count). The highest BCUT2D eigenvalue weighted by Crippen LogP contribution is 2.30. The summed E-state index contributed by atoms with van der Waals surface area (Å²) in [6.45, 7) is 0. The molecule has 0 bridgehead atoms. The van der Waals surface area contributed by atoms with Crippen molar-refractivity contribution in [3.63, 3.8) is 0 Å². The number of fused-ring (bicyclic) bond motifs is 3. The molecule has 3 aromatic carbocycles. The van der Waals surface area contributed by atoms with Crippen LogP contribution in [-0.4, -0.2) is 10.9 Å². The molecule has 0 saturated heterocycles. The highest BCUT2D eigenvalue weighted by atomic mass is 79.9. The maximum absolute atomic E-state index is 12.8. The molecule has 0 aliphatic heterocycles. The number of nitrogens with zero attached hydrogens (tertiary/aromatic N) is 2. The number of amides is 1. The van der Waals surface area contributed by atoms with E-state index in [0.717, 1.165) is 31.2 Å². The number of hydrogen-bond donors (Lipinski definition) is 1. The van der Waals surface area contributed by atoms with Crippen molar-refractivity contribution in [1.29, 1.82) is 0 Å². The van der Waals surface area contributed by atoms with Crippen LogP contribution in [0, 0.1) is 0 Å². The first kappa shape index (κ1) is 15.7. The molecule has 0 fully saturated rings. The van der Waals surface area contributed by atoms with Crippen LogP contribution in [0.1, 0.15) is 10.4 Å². The van der Waals surface area contributed by atoms with Gasteiger partial charge >= 0.3 is 0 Å². The Labute approximate surface area is 153 Å². The third-order valence-corrected chi connectivity index (χ3v) is 4.66. The van der Waals surface area contributed by atoms with Crippen LogP contribution in [0.5, 0.6) is 0 Å². The van der Waals surface area contributed by atoms with Crippen LogP contribution in [0.2, 0.25) is 0 Å². The molecule has 2 N–H and O–H groups in total. The fourth-order valence-electron chi connectivity index (χ4n) is 2.90. The third-order valence-electron chi connectivity index (χ3n) is 4.13. The molecule has 4 nitrogen and oxygen atoms in total. The number of benzene rings is 3. The minimum atomic E-state index is -0.305. The molecule has 0 saturated carbocycles. The Balaban J connectivity index is 1.89. The van der Waals surface area contributed by atoms with Gasteiger partial charge in [0.05, 0.1) is 5.52 Å². The number of carbonyl (C=O) groups excluding carboxylic acids is 1. The molecule has 5 heteroatoms. The smallest absolute Gasteiger partial charge is 0.267 e. The molecular weight excluding hydrogens is 378 g/mol. The van der Waals surface area contributed by atoms with E-state index in [1.165, 1.54) is 0 Å². The summed E-state index contributed by atoms with van der Waals surface area (Å²) in [6.07, 6.45) is 0. The van der Waals surface area contributed by atoms with E-state index in [1.54, 1.807) is 12.1 Å². The Morgan fingerprint density at radius 2 is 1.44 bits per heavy atom. The molecule has 0 aliphatic carbocycles. The van der Waals surface area contributed by atoms with E-state index in [9.17, 15) is 4.79 Å². The Morgan fingerprint density at radius 3 is 2.16 bits per heavy atom. The Hall–Kier alpha value is -2.76. The zero-order valence-electron chi connectivity index (χ0n) is 13.2. The SMILES string of the molecule is NN(C(=O)c1ccc(Br)cc1)c1nc2ccccc2c2ccccc12. The topological polar surface area (TPSA) is 59.2 Å². The van der Waals surface area contributed by atoms with Crippen LogP contribution in [0.3, 0.4) is 0 Å². The predicted molar refractivity (Wildman–Crippen MR) is 104 cm³/mol. The maximum Gasteiger partial charge on any atom is 0.273 e. The van der Waals surface area contributed by atoms with Gasteiger partial charge in [0.1, 0.15) is 0 Å². The second kappa shape index (κ2) is 6.27. The number of nitrogens with two attached hydrogens (primary N) is 1. The minimum absolute atomic E-state index is 0.305. The number of para-hydroxylation sites is 1. The van der Waals surface area contributed by atoms with Crippen molar-refractivity contribution < 1.29 is 4.79 Å². The van der Waals surface area contributed by atoms with E-state index >= 15 is 0 Å². The van der Waals surface area contributed by atoms with Gasteiger partial charge in [-0.2, -0.15) is 0 Å². The van der Waals surface area contributed by atoms with Crippen molar-refractivity contribution in [2.45, 2.75) is 0 Å². The van der Waals surface area contributed by atoms with E-state index in [2.05, 4.69) is 20.9 Å². The normalized spacial score (nSPS) is 11.0. The summed E-state index contributed by atoms with van der Waals surface area (Å²) < 4.78 is 0.905. The Morgan fingerprint density at radius 1 is 0.840 bits per heavy atom. The molecule has 25 heavy (non-hydrogen) atoms. The van der Waals surface area contributed by atoms with Crippen LogP contribution in [0.15, 0.2) is 77.3 Å². The standard InChI is InChI=1S/C20H14BrN3O/c21-14-11-9-13(10-12-14)20(25)24(22)19-17-7-2-1-5-15(17)16-6-3-4-8-18(16)23-19/h1-12H,22H2. The van der Waals surface area contributed by atoms with Crippen molar-refractivity contribution in [3.8, 4) is 0 Å². The lowest BCUT2D eigenvalue weighted by molar-refractivity contribution is 0.0986. The lowest BCUT2D eigenvalue weighted by Gasteiger charge is -2.19. The monoisotopic (exact) mass is 391 g/mol. The van der Waals surface area contributed by atoms with Crippen LogP contribution in [0.25, 0.3) is 21.7 Å². The second-order valence-corrected chi connectivity index (χ2v) is 6.60. The fraction of sp³-hybridized carbons (Fsp3) is 0. The van der Waals surface area contributed by atoms with Gasteiger partial charge in [0.15, 0.2) is 5.82 Å². The second-order valence-electron chi connectivity index (χ2n) is 5.68. The molecule has 0 unspecified atom stereocenters. The van der Waals surface area contributed by atoms with E-state index in [-0.39, 0.29) is 5.91 Å². The van der Waals surface area contributed by atoms with Gasteiger partial charge in [-0.1, -0.05) is 58.4 Å². The number of pyridine rings is 1. The fourth-order valence-corrected chi connectivity index (χ4v) is 3.16. The molecule has 0 atom stereocenters. The largest absolute Gasteiger partial charge is 0.273 e. The van der Waals surface area contributed by atoms with Crippen molar-refractivity contribution in [2.75, 3.05) is 5.01 Å². The zero-order chi connectivity index (χ0) is 17.4. The Kier molecular flexibility index (Phi) is 3.95.